The van der Waals surface area contributed by atoms with Gasteiger partial charge in [0.05, 0.1) is 6.54 Å². The first kappa shape index (κ1) is 15.4. The third kappa shape index (κ3) is 3.64. The number of aryl methyl sites for hydroxylation is 1. The molecule has 0 atom stereocenters. The van der Waals surface area contributed by atoms with Gasteiger partial charge in [-0.1, -0.05) is 19.0 Å². The maximum atomic E-state index is 5.29. The average molecular weight is 321 g/mol. The molecule has 3 rings (SSSR count). The summed E-state index contributed by atoms with van der Waals surface area (Å²) in [5.41, 5.74) is 0. The number of rotatable bonds is 7. The van der Waals surface area contributed by atoms with Gasteiger partial charge in [-0.25, -0.2) is 4.98 Å². The topological polar surface area (TPSA) is 58.3 Å². The fraction of sp³-hybridized carbons (Fsp3) is 0.667. The molecule has 0 amide bonds. The van der Waals surface area contributed by atoms with Crippen molar-refractivity contribution in [2.24, 2.45) is 0 Å². The summed E-state index contributed by atoms with van der Waals surface area (Å²) >= 11 is 1.80. The molecule has 0 aliphatic carbocycles. The zero-order valence-electron chi connectivity index (χ0n) is 13.3. The highest BCUT2D eigenvalue weighted by molar-refractivity contribution is 7.15. The van der Waals surface area contributed by atoms with E-state index in [0.717, 1.165) is 43.6 Å². The van der Waals surface area contributed by atoms with Crippen LogP contribution in [0.1, 0.15) is 43.3 Å². The van der Waals surface area contributed by atoms with Crippen molar-refractivity contribution in [1.29, 1.82) is 0 Å². The van der Waals surface area contributed by atoms with Gasteiger partial charge in [-0.2, -0.15) is 4.98 Å². The number of nitrogens with zero attached hydrogens (tertiary/aromatic N) is 5. The molecule has 0 N–H and O–H groups in total. The summed E-state index contributed by atoms with van der Waals surface area (Å²) in [6, 6.07) is 0. The molecule has 1 aliphatic heterocycles. The smallest absolute Gasteiger partial charge is 0.240 e. The van der Waals surface area contributed by atoms with Crippen LogP contribution in [-0.4, -0.2) is 39.7 Å². The van der Waals surface area contributed by atoms with Gasteiger partial charge in [0, 0.05) is 37.1 Å². The zero-order valence-corrected chi connectivity index (χ0v) is 14.1. The molecule has 0 saturated carbocycles. The van der Waals surface area contributed by atoms with Crippen molar-refractivity contribution >= 4 is 16.5 Å². The van der Waals surface area contributed by atoms with E-state index in [1.807, 2.05) is 13.1 Å². The summed E-state index contributed by atoms with van der Waals surface area (Å²) in [4.78, 5) is 14.9. The Balaban J connectivity index is 1.59. The van der Waals surface area contributed by atoms with E-state index >= 15 is 0 Å². The molecule has 2 aromatic heterocycles. The Morgan fingerprint density at radius 1 is 1.27 bits per heavy atom. The molecule has 0 radical (unpaired) electrons. The van der Waals surface area contributed by atoms with E-state index in [1.165, 1.54) is 17.7 Å². The Morgan fingerprint density at radius 3 is 2.77 bits per heavy atom. The fourth-order valence-electron chi connectivity index (χ4n) is 2.61. The Kier molecular flexibility index (Phi) is 5.04. The van der Waals surface area contributed by atoms with Crippen molar-refractivity contribution in [3.05, 3.63) is 22.8 Å². The van der Waals surface area contributed by atoms with Gasteiger partial charge in [0.1, 0.15) is 0 Å². The van der Waals surface area contributed by atoms with Crippen LogP contribution >= 0.6 is 11.3 Å². The molecule has 0 spiro atoms. The lowest BCUT2D eigenvalue weighted by atomic mass is 10.4. The van der Waals surface area contributed by atoms with E-state index in [0.29, 0.717) is 12.4 Å². The van der Waals surface area contributed by atoms with Crippen LogP contribution in [-0.2, 0) is 19.5 Å². The Morgan fingerprint density at radius 2 is 2.09 bits per heavy atom. The predicted molar refractivity (Wildman–Crippen MR) is 87.0 cm³/mol. The van der Waals surface area contributed by atoms with Gasteiger partial charge in [-0.15, -0.1) is 11.3 Å². The number of hydrogen-bond donors (Lipinski definition) is 0. The Hall–Kier alpha value is -1.47. The Bertz CT molecular complexity index is 590. The third-order valence-corrected chi connectivity index (χ3v) is 4.97. The maximum Gasteiger partial charge on any atom is 0.240 e. The maximum absolute atomic E-state index is 5.29. The van der Waals surface area contributed by atoms with E-state index in [4.69, 9.17) is 4.52 Å². The van der Waals surface area contributed by atoms with E-state index in [9.17, 15) is 0 Å². The van der Waals surface area contributed by atoms with Crippen molar-refractivity contribution in [3.8, 4) is 0 Å². The molecule has 1 aliphatic rings. The van der Waals surface area contributed by atoms with E-state index in [2.05, 4.69) is 31.8 Å². The van der Waals surface area contributed by atoms with Crippen LogP contribution in [0.3, 0.4) is 0 Å². The third-order valence-electron chi connectivity index (χ3n) is 3.93. The van der Waals surface area contributed by atoms with Gasteiger partial charge in [-0.05, 0) is 19.4 Å². The summed E-state index contributed by atoms with van der Waals surface area (Å²) in [5.74, 6) is 1.48. The molecule has 7 heteroatoms. The highest BCUT2D eigenvalue weighted by atomic mass is 32.1. The van der Waals surface area contributed by atoms with Crippen LogP contribution in [0.4, 0.5) is 5.13 Å². The second kappa shape index (κ2) is 7.19. The highest BCUT2D eigenvalue weighted by Crippen LogP contribution is 2.26. The molecule has 22 heavy (non-hydrogen) atoms. The molecular weight excluding hydrogens is 298 g/mol. The SMILES string of the molecule is CCc1noc(CN(CC)Cc2cnc(N3CCCC3)s2)n1. The van der Waals surface area contributed by atoms with E-state index < -0.39 is 0 Å². The molecule has 1 fully saturated rings. The van der Waals surface area contributed by atoms with Crippen LogP contribution in [0, 0.1) is 0 Å². The average Bonchev–Trinajstić information content (AvgIpc) is 3.27. The molecule has 0 unspecified atom stereocenters. The lowest BCUT2D eigenvalue weighted by molar-refractivity contribution is 0.230. The molecule has 0 bridgehead atoms. The lowest BCUT2D eigenvalue weighted by Crippen LogP contribution is -2.22. The quantitative estimate of drug-likeness (QED) is 0.781. The van der Waals surface area contributed by atoms with Crippen LogP contribution in [0.15, 0.2) is 10.7 Å². The van der Waals surface area contributed by atoms with Crippen LogP contribution in [0.2, 0.25) is 0 Å². The van der Waals surface area contributed by atoms with Crippen molar-refractivity contribution in [2.75, 3.05) is 24.5 Å². The van der Waals surface area contributed by atoms with Crippen molar-refractivity contribution < 1.29 is 4.52 Å². The first-order chi connectivity index (χ1) is 10.8. The summed E-state index contributed by atoms with van der Waals surface area (Å²) in [5, 5.41) is 5.12. The van der Waals surface area contributed by atoms with Gasteiger partial charge < -0.3 is 9.42 Å². The molecular formula is C15H23N5OS. The lowest BCUT2D eigenvalue weighted by Gasteiger charge is -2.17. The number of thiazole rings is 1. The van der Waals surface area contributed by atoms with Crippen LogP contribution in [0.5, 0.6) is 0 Å². The highest BCUT2D eigenvalue weighted by Gasteiger charge is 2.17. The van der Waals surface area contributed by atoms with Gasteiger partial charge >= 0.3 is 0 Å². The van der Waals surface area contributed by atoms with Gasteiger partial charge in [0.25, 0.3) is 0 Å². The molecule has 2 aromatic rings. The molecule has 1 saturated heterocycles. The number of hydrogen-bond acceptors (Lipinski definition) is 7. The van der Waals surface area contributed by atoms with E-state index in [-0.39, 0.29) is 0 Å². The normalized spacial score (nSPS) is 15.1. The monoisotopic (exact) mass is 321 g/mol. The number of anilines is 1. The molecule has 3 heterocycles. The number of aromatic nitrogens is 3. The minimum atomic E-state index is 0.695. The zero-order chi connectivity index (χ0) is 15.4. The van der Waals surface area contributed by atoms with Crippen LogP contribution in [0.25, 0.3) is 0 Å². The second-order valence-electron chi connectivity index (χ2n) is 5.56. The van der Waals surface area contributed by atoms with Gasteiger partial charge in [0.15, 0.2) is 11.0 Å². The molecule has 120 valence electrons. The summed E-state index contributed by atoms with van der Waals surface area (Å²) in [6.45, 7) is 8.99. The summed E-state index contributed by atoms with van der Waals surface area (Å²) in [6.07, 6.45) is 5.38. The largest absolute Gasteiger partial charge is 0.348 e. The Labute approximate surface area is 135 Å². The van der Waals surface area contributed by atoms with Crippen molar-refractivity contribution in [3.63, 3.8) is 0 Å². The molecule has 6 nitrogen and oxygen atoms in total. The second-order valence-corrected chi connectivity index (χ2v) is 6.66. The first-order valence-corrected chi connectivity index (χ1v) is 8.83. The van der Waals surface area contributed by atoms with Crippen molar-refractivity contribution in [1.82, 2.24) is 20.0 Å². The van der Waals surface area contributed by atoms with Crippen molar-refractivity contribution in [2.45, 2.75) is 46.2 Å². The van der Waals surface area contributed by atoms with E-state index in [1.54, 1.807) is 11.3 Å². The molecule has 0 aromatic carbocycles. The van der Waals surface area contributed by atoms with Gasteiger partial charge in [0.2, 0.25) is 5.89 Å². The summed E-state index contributed by atoms with van der Waals surface area (Å²) < 4.78 is 5.29. The predicted octanol–water partition coefficient (Wildman–Crippen LogP) is 2.71. The minimum Gasteiger partial charge on any atom is -0.348 e. The standard InChI is InChI=1S/C15H23N5OS/c1-3-13-17-14(21-18-13)11-19(4-2)10-12-9-16-15(22-12)20-7-5-6-8-20/h9H,3-8,10-11H2,1-2H3. The first-order valence-electron chi connectivity index (χ1n) is 8.02. The van der Waals surface area contributed by atoms with Gasteiger partial charge in [-0.3, -0.25) is 4.90 Å². The summed E-state index contributed by atoms with van der Waals surface area (Å²) in [7, 11) is 0. The minimum absolute atomic E-state index is 0.695. The fourth-order valence-corrected chi connectivity index (χ4v) is 3.62. The van der Waals surface area contributed by atoms with Crippen LogP contribution < -0.4 is 4.90 Å².